The smallest absolute Gasteiger partial charge is 0.316 e. The molecule has 4 N–H and O–H groups in total. The highest BCUT2D eigenvalue weighted by molar-refractivity contribution is 5.87. The Balaban J connectivity index is 1.80. The van der Waals surface area contributed by atoms with Gasteiger partial charge in [-0.25, -0.2) is 4.79 Å². The van der Waals surface area contributed by atoms with Crippen molar-refractivity contribution in [3.8, 4) is 0 Å². The number of nitrogens with one attached hydrogen (secondary N) is 2. The molecule has 0 heterocycles. The second kappa shape index (κ2) is 7.02. The van der Waals surface area contributed by atoms with E-state index < -0.39 is 6.03 Å². The third-order valence-electron chi connectivity index (χ3n) is 3.72. The van der Waals surface area contributed by atoms with Gasteiger partial charge in [0.25, 0.3) is 0 Å². The van der Waals surface area contributed by atoms with Crippen LogP contribution in [0, 0.1) is 5.92 Å². The van der Waals surface area contributed by atoms with E-state index in [9.17, 15) is 4.79 Å². The average Bonchev–Trinajstić information content (AvgIpc) is 2.66. The molecule has 4 heteroatoms. The average molecular weight is 261 g/mol. The van der Waals surface area contributed by atoms with E-state index in [-0.39, 0.29) is 0 Å². The van der Waals surface area contributed by atoms with Crippen LogP contribution < -0.4 is 16.4 Å². The first kappa shape index (κ1) is 13.7. The Kier molecular flexibility index (Phi) is 5.07. The number of rotatable bonds is 4. The topological polar surface area (TPSA) is 67.2 Å². The maximum absolute atomic E-state index is 10.7. The number of anilines is 2. The number of primary amides is 1. The van der Waals surface area contributed by atoms with Gasteiger partial charge in [-0.15, -0.1) is 0 Å². The van der Waals surface area contributed by atoms with Crippen molar-refractivity contribution in [3.63, 3.8) is 0 Å². The SMILES string of the molecule is NC(=O)Nc1ccc(NCC2CCCCCC2)cc1. The molecule has 19 heavy (non-hydrogen) atoms. The first-order chi connectivity index (χ1) is 9.24. The van der Waals surface area contributed by atoms with Gasteiger partial charge in [-0.2, -0.15) is 0 Å². The first-order valence-electron chi connectivity index (χ1n) is 7.14. The van der Waals surface area contributed by atoms with E-state index >= 15 is 0 Å². The minimum Gasteiger partial charge on any atom is -0.385 e. The maximum atomic E-state index is 10.7. The van der Waals surface area contributed by atoms with Crippen molar-refractivity contribution in [2.45, 2.75) is 38.5 Å². The summed E-state index contributed by atoms with van der Waals surface area (Å²) in [6.45, 7) is 1.04. The fraction of sp³-hybridized carbons (Fsp3) is 0.533. The van der Waals surface area contributed by atoms with E-state index in [4.69, 9.17) is 5.73 Å². The van der Waals surface area contributed by atoms with Crippen LogP contribution in [-0.4, -0.2) is 12.6 Å². The Morgan fingerprint density at radius 3 is 2.21 bits per heavy atom. The molecule has 0 spiro atoms. The zero-order valence-corrected chi connectivity index (χ0v) is 11.3. The third-order valence-corrected chi connectivity index (χ3v) is 3.72. The lowest BCUT2D eigenvalue weighted by Gasteiger charge is -2.16. The lowest BCUT2D eigenvalue weighted by molar-refractivity contribution is 0.259. The molecule has 1 fully saturated rings. The van der Waals surface area contributed by atoms with Crippen LogP contribution in [0.3, 0.4) is 0 Å². The summed E-state index contributed by atoms with van der Waals surface area (Å²) in [5.74, 6) is 0.797. The van der Waals surface area contributed by atoms with Crippen molar-refractivity contribution in [2.75, 3.05) is 17.2 Å². The van der Waals surface area contributed by atoms with Gasteiger partial charge in [-0.05, 0) is 43.0 Å². The van der Waals surface area contributed by atoms with E-state index in [0.29, 0.717) is 0 Å². The normalized spacial score (nSPS) is 16.6. The molecule has 1 aliphatic rings. The van der Waals surface area contributed by atoms with Gasteiger partial charge >= 0.3 is 6.03 Å². The van der Waals surface area contributed by atoms with Gasteiger partial charge in [0.2, 0.25) is 0 Å². The summed E-state index contributed by atoms with van der Waals surface area (Å²) in [4.78, 5) is 10.7. The zero-order chi connectivity index (χ0) is 13.5. The van der Waals surface area contributed by atoms with E-state index in [2.05, 4.69) is 10.6 Å². The molecule has 0 aromatic heterocycles. The van der Waals surface area contributed by atoms with E-state index in [1.165, 1.54) is 38.5 Å². The van der Waals surface area contributed by atoms with Crippen LogP contribution in [0.25, 0.3) is 0 Å². The van der Waals surface area contributed by atoms with Crippen LogP contribution in [-0.2, 0) is 0 Å². The Morgan fingerprint density at radius 2 is 1.63 bits per heavy atom. The Bertz CT molecular complexity index is 394. The number of nitrogens with two attached hydrogens (primary N) is 1. The monoisotopic (exact) mass is 261 g/mol. The standard InChI is InChI=1S/C15H23N3O/c16-15(19)18-14-9-7-13(8-10-14)17-11-12-5-3-1-2-4-6-12/h7-10,12,17H,1-6,11H2,(H3,16,18,19). The second-order valence-corrected chi connectivity index (χ2v) is 5.31. The van der Waals surface area contributed by atoms with E-state index in [0.717, 1.165) is 23.8 Å². The fourth-order valence-corrected chi connectivity index (χ4v) is 2.64. The molecular weight excluding hydrogens is 238 g/mol. The number of urea groups is 1. The lowest BCUT2D eigenvalue weighted by atomic mass is 10.0. The van der Waals surface area contributed by atoms with Crippen LogP contribution in [0.1, 0.15) is 38.5 Å². The van der Waals surface area contributed by atoms with Crippen molar-refractivity contribution in [2.24, 2.45) is 11.7 Å². The first-order valence-corrected chi connectivity index (χ1v) is 7.14. The number of carbonyl (C=O) groups excluding carboxylic acids is 1. The van der Waals surface area contributed by atoms with E-state index in [1.807, 2.05) is 24.3 Å². The maximum Gasteiger partial charge on any atom is 0.316 e. The van der Waals surface area contributed by atoms with Crippen molar-refractivity contribution in [3.05, 3.63) is 24.3 Å². The number of carbonyl (C=O) groups is 1. The molecular formula is C15H23N3O. The zero-order valence-electron chi connectivity index (χ0n) is 11.3. The summed E-state index contributed by atoms with van der Waals surface area (Å²) in [7, 11) is 0. The summed E-state index contributed by atoms with van der Waals surface area (Å²) in [6.07, 6.45) is 8.21. The van der Waals surface area contributed by atoms with Gasteiger partial charge < -0.3 is 16.4 Å². The minimum atomic E-state index is -0.529. The molecule has 4 nitrogen and oxygen atoms in total. The van der Waals surface area contributed by atoms with Gasteiger partial charge in [-0.3, -0.25) is 0 Å². The fourth-order valence-electron chi connectivity index (χ4n) is 2.64. The highest BCUT2D eigenvalue weighted by Crippen LogP contribution is 2.23. The van der Waals surface area contributed by atoms with Crippen molar-refractivity contribution >= 4 is 17.4 Å². The molecule has 0 aliphatic heterocycles. The summed E-state index contributed by atoms with van der Waals surface area (Å²) >= 11 is 0. The van der Waals surface area contributed by atoms with Crippen molar-refractivity contribution in [1.82, 2.24) is 0 Å². The molecule has 1 saturated carbocycles. The second-order valence-electron chi connectivity index (χ2n) is 5.31. The number of benzene rings is 1. The predicted molar refractivity (Wildman–Crippen MR) is 79.3 cm³/mol. The summed E-state index contributed by atoms with van der Waals surface area (Å²) < 4.78 is 0. The summed E-state index contributed by atoms with van der Waals surface area (Å²) in [5, 5.41) is 6.04. The third kappa shape index (κ3) is 4.81. The Labute approximate surface area is 114 Å². The molecule has 1 aromatic carbocycles. The molecule has 104 valence electrons. The highest BCUT2D eigenvalue weighted by atomic mass is 16.2. The van der Waals surface area contributed by atoms with Gasteiger partial charge in [0.1, 0.15) is 0 Å². The molecule has 2 rings (SSSR count). The lowest BCUT2D eigenvalue weighted by Crippen LogP contribution is -2.19. The van der Waals surface area contributed by atoms with Gasteiger partial charge in [0.05, 0.1) is 0 Å². The van der Waals surface area contributed by atoms with Crippen LogP contribution in [0.2, 0.25) is 0 Å². The molecule has 1 aromatic rings. The predicted octanol–water partition coefficient (Wildman–Crippen LogP) is 3.56. The van der Waals surface area contributed by atoms with Crippen LogP contribution in [0.15, 0.2) is 24.3 Å². The van der Waals surface area contributed by atoms with Gasteiger partial charge in [-0.1, -0.05) is 25.7 Å². The van der Waals surface area contributed by atoms with Crippen LogP contribution >= 0.6 is 0 Å². The molecule has 0 saturated heterocycles. The number of amides is 2. The summed E-state index contributed by atoms with van der Waals surface area (Å²) in [5.41, 5.74) is 6.89. The molecule has 0 bridgehead atoms. The van der Waals surface area contributed by atoms with E-state index in [1.54, 1.807) is 0 Å². The van der Waals surface area contributed by atoms with Gasteiger partial charge in [0, 0.05) is 17.9 Å². The van der Waals surface area contributed by atoms with Crippen molar-refractivity contribution < 1.29 is 4.79 Å². The quantitative estimate of drug-likeness (QED) is 0.725. The number of hydrogen-bond donors (Lipinski definition) is 3. The largest absolute Gasteiger partial charge is 0.385 e. The summed E-state index contributed by atoms with van der Waals surface area (Å²) in [6, 6.07) is 7.14. The highest BCUT2D eigenvalue weighted by Gasteiger charge is 2.11. The molecule has 0 atom stereocenters. The molecule has 2 amide bonds. The minimum absolute atomic E-state index is 0.529. The number of hydrogen-bond acceptors (Lipinski definition) is 2. The Hall–Kier alpha value is -1.71. The van der Waals surface area contributed by atoms with Crippen LogP contribution in [0.4, 0.5) is 16.2 Å². The van der Waals surface area contributed by atoms with Crippen molar-refractivity contribution in [1.29, 1.82) is 0 Å². The van der Waals surface area contributed by atoms with Crippen LogP contribution in [0.5, 0.6) is 0 Å². The molecule has 0 unspecified atom stereocenters. The Morgan fingerprint density at radius 1 is 1.05 bits per heavy atom. The van der Waals surface area contributed by atoms with Gasteiger partial charge in [0.15, 0.2) is 0 Å². The molecule has 0 radical (unpaired) electrons. The molecule has 1 aliphatic carbocycles.